The van der Waals surface area contributed by atoms with Crippen LogP contribution in [-0.4, -0.2) is 39.7 Å². The van der Waals surface area contributed by atoms with Crippen molar-refractivity contribution in [1.82, 2.24) is 0 Å². The number of rotatable bonds is 7. The van der Waals surface area contributed by atoms with Crippen LogP contribution in [0.2, 0.25) is 0 Å². The first-order valence-electron chi connectivity index (χ1n) is 12.9. The van der Waals surface area contributed by atoms with Crippen molar-refractivity contribution >= 4 is 27.4 Å². The van der Waals surface area contributed by atoms with Gasteiger partial charge in [-0.15, -0.1) is 0 Å². The van der Waals surface area contributed by atoms with Crippen molar-refractivity contribution in [3.63, 3.8) is 0 Å². The fraction of sp³-hybridized carbons (Fsp3) is 0.414. The molecule has 7 nitrogen and oxygen atoms in total. The van der Waals surface area contributed by atoms with Gasteiger partial charge in [-0.05, 0) is 86.1 Å². The first-order valence-corrected chi connectivity index (χ1v) is 14.4. The van der Waals surface area contributed by atoms with Gasteiger partial charge in [0.25, 0.3) is 10.0 Å². The number of nitrogens with one attached hydrogen (secondary N) is 1. The van der Waals surface area contributed by atoms with Crippen molar-refractivity contribution in [3.8, 4) is 0 Å². The summed E-state index contributed by atoms with van der Waals surface area (Å²) in [5.41, 5.74) is 2.17. The standard InChI is InChI=1S/C29H34N2O5S/c1-31(2)22-14-16-23(17-15-22)37(34,35)30-21-9-7-8-20(18-21)26(19-12-13-19)27-28(32)24-10-5-3-4-6-11-25(24)36-29(27)33/h4,6-9,11,14-19,24,26-28,30,32H,3,5,10,12-13H2,1-2H3. The molecule has 196 valence electrons. The van der Waals surface area contributed by atoms with Gasteiger partial charge in [-0.3, -0.25) is 9.52 Å². The van der Waals surface area contributed by atoms with Gasteiger partial charge >= 0.3 is 5.97 Å². The quantitative estimate of drug-likeness (QED) is 0.506. The van der Waals surface area contributed by atoms with Gasteiger partial charge in [0.05, 0.1) is 16.9 Å². The number of hydrogen-bond acceptors (Lipinski definition) is 6. The van der Waals surface area contributed by atoms with Crippen LogP contribution in [0, 0.1) is 17.8 Å². The van der Waals surface area contributed by atoms with Crippen molar-refractivity contribution in [1.29, 1.82) is 0 Å². The lowest BCUT2D eigenvalue weighted by Crippen LogP contribution is -2.45. The molecule has 1 saturated heterocycles. The maximum Gasteiger partial charge on any atom is 0.317 e. The number of aliphatic hydroxyl groups is 1. The van der Waals surface area contributed by atoms with Crippen LogP contribution in [0.15, 0.2) is 77.4 Å². The second kappa shape index (κ2) is 10.3. The van der Waals surface area contributed by atoms with Gasteiger partial charge in [-0.1, -0.05) is 24.3 Å². The molecule has 0 aromatic heterocycles. The Balaban J connectivity index is 1.41. The van der Waals surface area contributed by atoms with Crippen LogP contribution in [0.1, 0.15) is 43.6 Å². The first kappa shape index (κ1) is 25.5. The maximum absolute atomic E-state index is 13.2. The number of benzene rings is 2. The molecule has 2 aliphatic carbocycles. The number of esters is 1. The average Bonchev–Trinajstić information content (AvgIpc) is 3.68. The summed E-state index contributed by atoms with van der Waals surface area (Å²) in [6.07, 6.45) is 9.42. The van der Waals surface area contributed by atoms with E-state index in [-0.39, 0.29) is 22.6 Å². The van der Waals surface area contributed by atoms with E-state index in [1.54, 1.807) is 48.5 Å². The van der Waals surface area contributed by atoms with Crippen LogP contribution < -0.4 is 9.62 Å². The Hall–Kier alpha value is -3.10. The lowest BCUT2D eigenvalue weighted by molar-refractivity contribution is -0.160. The predicted octanol–water partition coefficient (Wildman–Crippen LogP) is 4.82. The van der Waals surface area contributed by atoms with Crippen molar-refractivity contribution in [2.24, 2.45) is 17.8 Å². The highest BCUT2D eigenvalue weighted by Gasteiger charge is 2.50. The minimum absolute atomic E-state index is 0.172. The normalized spacial score (nSPS) is 24.7. The molecule has 4 unspecified atom stereocenters. The molecule has 5 rings (SSSR count). The number of hydrogen-bond donors (Lipinski definition) is 2. The Labute approximate surface area is 218 Å². The summed E-state index contributed by atoms with van der Waals surface area (Å²) in [6.45, 7) is 0. The smallest absolute Gasteiger partial charge is 0.317 e. The van der Waals surface area contributed by atoms with Gasteiger partial charge in [0, 0.05) is 37.3 Å². The number of carbonyl (C=O) groups is 1. The van der Waals surface area contributed by atoms with Crippen LogP contribution in [0.3, 0.4) is 0 Å². The molecule has 2 aromatic carbocycles. The van der Waals surface area contributed by atoms with E-state index in [2.05, 4.69) is 4.72 Å². The Kier molecular flexibility index (Phi) is 7.14. The molecular formula is C29H34N2O5S. The van der Waals surface area contributed by atoms with Gasteiger partial charge in [0.15, 0.2) is 0 Å². The summed E-state index contributed by atoms with van der Waals surface area (Å²) in [5, 5.41) is 11.4. The summed E-state index contributed by atoms with van der Waals surface area (Å²) in [5.74, 6) is -0.774. The van der Waals surface area contributed by atoms with Gasteiger partial charge in [-0.25, -0.2) is 8.42 Å². The van der Waals surface area contributed by atoms with Crippen LogP contribution in [-0.2, 0) is 19.6 Å². The molecule has 8 heteroatoms. The van der Waals surface area contributed by atoms with Crippen molar-refractivity contribution in [2.75, 3.05) is 23.7 Å². The lowest BCUT2D eigenvalue weighted by Gasteiger charge is -2.39. The van der Waals surface area contributed by atoms with E-state index in [1.165, 1.54) is 0 Å². The molecule has 3 aliphatic rings. The summed E-state index contributed by atoms with van der Waals surface area (Å²) >= 11 is 0. The van der Waals surface area contributed by atoms with Crippen molar-refractivity contribution < 1.29 is 23.1 Å². The molecule has 2 aromatic rings. The molecule has 4 atom stereocenters. The summed E-state index contributed by atoms with van der Waals surface area (Å²) in [6, 6.07) is 13.9. The number of sulfonamides is 1. The van der Waals surface area contributed by atoms with E-state index >= 15 is 0 Å². The Bertz CT molecular complexity index is 1310. The van der Waals surface area contributed by atoms with E-state index in [1.807, 2.05) is 37.2 Å². The number of carbonyl (C=O) groups excluding carboxylic acids is 1. The first-order chi connectivity index (χ1) is 17.7. The molecule has 2 fully saturated rings. The van der Waals surface area contributed by atoms with E-state index in [4.69, 9.17) is 4.74 Å². The minimum Gasteiger partial charge on any atom is -0.430 e. The van der Waals surface area contributed by atoms with Crippen LogP contribution in [0.4, 0.5) is 11.4 Å². The fourth-order valence-corrected chi connectivity index (χ4v) is 6.59. The number of ether oxygens (including phenoxy) is 1. The second-order valence-electron chi connectivity index (χ2n) is 10.5. The summed E-state index contributed by atoms with van der Waals surface area (Å²) < 4.78 is 34.6. The molecule has 0 radical (unpaired) electrons. The summed E-state index contributed by atoms with van der Waals surface area (Å²) in [7, 11) is -0.00248. The third kappa shape index (κ3) is 5.45. The van der Waals surface area contributed by atoms with Gasteiger partial charge in [0.2, 0.25) is 0 Å². The van der Waals surface area contributed by atoms with Gasteiger partial charge in [-0.2, -0.15) is 0 Å². The molecule has 0 bridgehead atoms. The Morgan fingerprint density at radius 3 is 2.54 bits per heavy atom. The highest BCUT2D eigenvalue weighted by molar-refractivity contribution is 7.92. The Morgan fingerprint density at radius 2 is 1.84 bits per heavy atom. The highest BCUT2D eigenvalue weighted by Crippen LogP contribution is 2.51. The third-order valence-electron chi connectivity index (χ3n) is 7.62. The number of fused-ring (bicyclic) bond motifs is 1. The molecule has 1 heterocycles. The molecule has 2 N–H and O–H groups in total. The van der Waals surface area contributed by atoms with E-state index < -0.39 is 28.0 Å². The molecule has 0 spiro atoms. The van der Waals surface area contributed by atoms with E-state index in [9.17, 15) is 18.3 Å². The van der Waals surface area contributed by atoms with Crippen LogP contribution in [0.5, 0.6) is 0 Å². The number of nitrogens with zero attached hydrogens (tertiary/aromatic N) is 1. The van der Waals surface area contributed by atoms with Crippen LogP contribution in [0.25, 0.3) is 0 Å². The zero-order valence-corrected chi connectivity index (χ0v) is 22.0. The molecule has 1 saturated carbocycles. The predicted molar refractivity (Wildman–Crippen MR) is 144 cm³/mol. The lowest BCUT2D eigenvalue weighted by atomic mass is 9.72. The number of aliphatic hydroxyl groups excluding tert-OH is 1. The monoisotopic (exact) mass is 522 g/mol. The SMILES string of the molecule is CN(C)c1ccc(S(=O)(=O)Nc2cccc(C(C3CC3)C3C(=O)OC4=CC=CCCCC4C3O)c2)cc1. The van der Waals surface area contributed by atoms with E-state index in [0.29, 0.717) is 11.4 Å². The highest BCUT2D eigenvalue weighted by atomic mass is 32.2. The molecule has 37 heavy (non-hydrogen) atoms. The zero-order chi connectivity index (χ0) is 26.2. The van der Waals surface area contributed by atoms with Crippen molar-refractivity contribution in [2.45, 2.75) is 49.0 Å². The Morgan fingerprint density at radius 1 is 1.08 bits per heavy atom. The fourth-order valence-electron chi connectivity index (χ4n) is 5.54. The zero-order valence-electron chi connectivity index (χ0n) is 21.2. The third-order valence-corrected chi connectivity index (χ3v) is 9.02. The average molecular weight is 523 g/mol. The molecular weight excluding hydrogens is 488 g/mol. The molecule has 0 amide bonds. The van der Waals surface area contributed by atoms with Crippen LogP contribution >= 0.6 is 0 Å². The maximum atomic E-state index is 13.2. The number of anilines is 2. The topological polar surface area (TPSA) is 95.9 Å². The van der Waals surface area contributed by atoms with Gasteiger partial charge < -0.3 is 14.7 Å². The minimum atomic E-state index is -3.80. The summed E-state index contributed by atoms with van der Waals surface area (Å²) in [4.78, 5) is 15.3. The number of allylic oxidation sites excluding steroid dienone is 3. The largest absolute Gasteiger partial charge is 0.430 e. The van der Waals surface area contributed by atoms with Gasteiger partial charge in [0.1, 0.15) is 5.76 Å². The second-order valence-corrected chi connectivity index (χ2v) is 12.1. The van der Waals surface area contributed by atoms with Crippen molar-refractivity contribution in [3.05, 3.63) is 78.1 Å². The van der Waals surface area contributed by atoms with E-state index in [0.717, 1.165) is 43.4 Å². The molecule has 1 aliphatic heterocycles.